The monoisotopic (exact) mass is 305 g/mol. The van der Waals surface area contributed by atoms with E-state index in [9.17, 15) is 0 Å². The summed E-state index contributed by atoms with van der Waals surface area (Å²) in [4.78, 5) is 0. The molecule has 0 aliphatic heterocycles. The molecule has 0 saturated carbocycles. The van der Waals surface area contributed by atoms with Gasteiger partial charge < -0.3 is 0 Å². The Morgan fingerprint density at radius 3 is 1.18 bits per heavy atom. The highest BCUT2D eigenvalue weighted by atomic mass is 32.2. The second-order valence-electron chi connectivity index (χ2n) is 5.15. The van der Waals surface area contributed by atoms with E-state index in [0.29, 0.717) is 0 Å². The van der Waals surface area contributed by atoms with Gasteiger partial charge >= 0.3 is 0 Å². The Hall–Kier alpha value is -2.03. The molecule has 3 rings (SSSR count). The molecule has 3 aromatic rings. The summed E-state index contributed by atoms with van der Waals surface area (Å²) in [5.41, 5.74) is 3.36. The van der Waals surface area contributed by atoms with Crippen LogP contribution in [0, 0.1) is 0 Å². The van der Waals surface area contributed by atoms with E-state index in [2.05, 4.69) is 102 Å². The van der Waals surface area contributed by atoms with E-state index in [-0.39, 0.29) is 5.54 Å². The summed E-state index contributed by atoms with van der Waals surface area (Å²) in [5, 5.41) is 0. The molecule has 0 amide bonds. The van der Waals surface area contributed by atoms with Gasteiger partial charge in [0.25, 0.3) is 0 Å². The largest absolute Gasteiger partial charge is 0.245 e. The van der Waals surface area contributed by atoms with Gasteiger partial charge in [-0.3, -0.25) is 0 Å². The second kappa shape index (κ2) is 6.82. The van der Waals surface area contributed by atoms with Crippen molar-refractivity contribution in [1.29, 1.82) is 0 Å². The van der Waals surface area contributed by atoms with Crippen molar-refractivity contribution in [2.24, 2.45) is 0 Å². The molecule has 0 aliphatic carbocycles. The smallest absolute Gasteiger partial charge is 0.104 e. The summed E-state index contributed by atoms with van der Waals surface area (Å²) >= 11 is 1.64. The molecule has 110 valence electrons. The highest BCUT2D eigenvalue weighted by Gasteiger charge is 2.35. The summed E-state index contributed by atoms with van der Waals surface area (Å²) in [6.07, 6.45) is 2.07. The Bertz CT molecular complexity index is 599. The van der Waals surface area contributed by atoms with Gasteiger partial charge in [-0.25, -0.2) is 4.72 Å². The predicted molar refractivity (Wildman–Crippen MR) is 95.9 cm³/mol. The molecule has 0 unspecified atom stereocenters. The fourth-order valence-corrected chi connectivity index (χ4v) is 3.55. The maximum absolute atomic E-state index is 3.66. The maximum Gasteiger partial charge on any atom is 0.104 e. The fourth-order valence-electron chi connectivity index (χ4n) is 2.89. The molecule has 2 heteroatoms. The van der Waals surface area contributed by atoms with Gasteiger partial charge in [0.1, 0.15) is 5.54 Å². The molecule has 0 bridgehead atoms. The molecule has 3 aromatic carbocycles. The van der Waals surface area contributed by atoms with Crippen LogP contribution in [-0.4, -0.2) is 6.26 Å². The van der Waals surface area contributed by atoms with E-state index in [0.717, 1.165) is 0 Å². The number of nitrogens with one attached hydrogen (secondary N) is 1. The third-order valence-electron chi connectivity index (χ3n) is 3.88. The lowest BCUT2D eigenvalue weighted by atomic mass is 9.78. The van der Waals surface area contributed by atoms with Crippen LogP contribution in [0.3, 0.4) is 0 Å². The molecule has 0 fully saturated rings. The third-order valence-corrected chi connectivity index (χ3v) is 4.39. The van der Waals surface area contributed by atoms with Crippen LogP contribution in [0.15, 0.2) is 91.0 Å². The molecule has 0 radical (unpaired) electrons. The van der Waals surface area contributed by atoms with E-state index < -0.39 is 0 Å². The summed E-state index contributed by atoms with van der Waals surface area (Å²) in [6.45, 7) is 0. The molecule has 22 heavy (non-hydrogen) atoms. The minimum atomic E-state index is -0.358. The zero-order valence-corrected chi connectivity index (χ0v) is 13.4. The van der Waals surface area contributed by atoms with Crippen molar-refractivity contribution in [3.63, 3.8) is 0 Å². The number of hydrogen-bond donors (Lipinski definition) is 1. The quantitative estimate of drug-likeness (QED) is 0.534. The van der Waals surface area contributed by atoms with Gasteiger partial charge in [-0.05, 0) is 22.9 Å². The Morgan fingerprint density at radius 1 is 0.591 bits per heavy atom. The summed E-state index contributed by atoms with van der Waals surface area (Å²) in [7, 11) is 0. The Balaban J connectivity index is 2.29. The van der Waals surface area contributed by atoms with E-state index in [1.807, 2.05) is 0 Å². The summed E-state index contributed by atoms with van der Waals surface area (Å²) < 4.78 is 3.66. The molecular weight excluding hydrogens is 286 g/mol. The zero-order chi connectivity index (χ0) is 15.3. The summed E-state index contributed by atoms with van der Waals surface area (Å²) in [5.74, 6) is 0. The molecule has 0 spiro atoms. The standard InChI is InChI=1S/C20H19NS/c1-22-21-20(17-11-5-2-6-12-17,18-13-7-3-8-14-18)19-15-9-4-10-16-19/h2-16,21H,1H3. The summed E-state index contributed by atoms with van der Waals surface area (Å²) in [6, 6.07) is 31.9. The first kappa shape index (κ1) is 14.9. The van der Waals surface area contributed by atoms with Crippen molar-refractivity contribution in [3.8, 4) is 0 Å². The van der Waals surface area contributed by atoms with Crippen molar-refractivity contribution in [2.45, 2.75) is 5.54 Å². The lowest BCUT2D eigenvalue weighted by Crippen LogP contribution is -2.40. The molecule has 0 saturated heterocycles. The Labute approximate surface area is 136 Å². The molecular formula is C20H19NS. The van der Waals surface area contributed by atoms with Gasteiger partial charge in [-0.2, -0.15) is 0 Å². The SMILES string of the molecule is CSNC(c1ccccc1)(c1ccccc1)c1ccccc1. The number of hydrogen-bond acceptors (Lipinski definition) is 2. The van der Waals surface area contributed by atoms with Crippen molar-refractivity contribution >= 4 is 11.9 Å². The van der Waals surface area contributed by atoms with Crippen LogP contribution in [0.1, 0.15) is 16.7 Å². The Morgan fingerprint density at radius 2 is 0.909 bits per heavy atom. The van der Waals surface area contributed by atoms with Crippen LogP contribution in [0.4, 0.5) is 0 Å². The third kappa shape index (κ3) is 2.68. The van der Waals surface area contributed by atoms with E-state index >= 15 is 0 Å². The number of benzene rings is 3. The van der Waals surface area contributed by atoms with E-state index in [4.69, 9.17) is 0 Å². The zero-order valence-electron chi connectivity index (χ0n) is 12.6. The minimum Gasteiger partial charge on any atom is -0.245 e. The average molecular weight is 305 g/mol. The van der Waals surface area contributed by atoms with Crippen LogP contribution >= 0.6 is 11.9 Å². The lowest BCUT2D eigenvalue weighted by Gasteiger charge is -2.36. The molecule has 1 nitrogen and oxygen atoms in total. The highest BCUT2D eigenvalue weighted by Crippen LogP contribution is 2.37. The second-order valence-corrected chi connectivity index (χ2v) is 5.77. The van der Waals surface area contributed by atoms with Gasteiger partial charge in [-0.15, -0.1) is 0 Å². The van der Waals surface area contributed by atoms with Crippen LogP contribution in [0.2, 0.25) is 0 Å². The van der Waals surface area contributed by atoms with Gasteiger partial charge in [-0.1, -0.05) is 103 Å². The molecule has 0 heterocycles. The van der Waals surface area contributed by atoms with Gasteiger partial charge in [0.15, 0.2) is 0 Å². The molecule has 0 atom stereocenters. The molecule has 0 aromatic heterocycles. The fraction of sp³-hybridized carbons (Fsp3) is 0.100. The van der Waals surface area contributed by atoms with Gasteiger partial charge in [0.05, 0.1) is 0 Å². The van der Waals surface area contributed by atoms with Crippen LogP contribution in [0.25, 0.3) is 0 Å². The average Bonchev–Trinajstić information content (AvgIpc) is 2.62. The first-order chi connectivity index (χ1) is 10.9. The van der Waals surface area contributed by atoms with Crippen LogP contribution < -0.4 is 4.72 Å². The lowest BCUT2D eigenvalue weighted by molar-refractivity contribution is 0.603. The first-order valence-electron chi connectivity index (χ1n) is 7.34. The van der Waals surface area contributed by atoms with Gasteiger partial charge in [0, 0.05) is 0 Å². The predicted octanol–water partition coefficient (Wildman–Crippen LogP) is 4.85. The Kier molecular flexibility index (Phi) is 4.62. The highest BCUT2D eigenvalue weighted by molar-refractivity contribution is 7.96. The van der Waals surface area contributed by atoms with Crippen molar-refractivity contribution in [1.82, 2.24) is 4.72 Å². The minimum absolute atomic E-state index is 0.358. The van der Waals surface area contributed by atoms with Crippen molar-refractivity contribution in [3.05, 3.63) is 108 Å². The van der Waals surface area contributed by atoms with Crippen LogP contribution in [0.5, 0.6) is 0 Å². The normalized spacial score (nSPS) is 11.3. The maximum atomic E-state index is 3.66. The van der Waals surface area contributed by atoms with E-state index in [1.54, 1.807) is 11.9 Å². The van der Waals surface area contributed by atoms with Crippen molar-refractivity contribution in [2.75, 3.05) is 6.26 Å². The van der Waals surface area contributed by atoms with Crippen LogP contribution in [-0.2, 0) is 5.54 Å². The topological polar surface area (TPSA) is 12.0 Å². The number of rotatable bonds is 5. The van der Waals surface area contributed by atoms with Gasteiger partial charge in [0.2, 0.25) is 0 Å². The first-order valence-corrected chi connectivity index (χ1v) is 8.57. The molecule has 1 N–H and O–H groups in total. The van der Waals surface area contributed by atoms with E-state index in [1.165, 1.54) is 16.7 Å². The molecule has 0 aliphatic rings. The van der Waals surface area contributed by atoms with Crippen molar-refractivity contribution < 1.29 is 0 Å².